The number of carbonyl (C=O) groups is 3. The van der Waals surface area contributed by atoms with Crippen molar-refractivity contribution in [2.75, 3.05) is 32.8 Å². The maximum absolute atomic E-state index is 11.4. The average molecular weight is 417 g/mol. The van der Waals surface area contributed by atoms with Crippen LogP contribution in [0.2, 0.25) is 0 Å². The van der Waals surface area contributed by atoms with Crippen molar-refractivity contribution in [3.8, 4) is 0 Å². The fourth-order valence-corrected chi connectivity index (χ4v) is 2.83. The Morgan fingerprint density at radius 1 is 0.828 bits per heavy atom. The van der Waals surface area contributed by atoms with E-state index in [0.29, 0.717) is 19.0 Å². The number of carboxylic acid groups (broad SMARTS) is 1. The van der Waals surface area contributed by atoms with Crippen LogP contribution >= 0.6 is 0 Å². The van der Waals surface area contributed by atoms with E-state index >= 15 is 0 Å². The third-order valence-electron chi connectivity index (χ3n) is 4.22. The summed E-state index contributed by atoms with van der Waals surface area (Å²) in [6.07, 6.45) is 0.300. The van der Waals surface area contributed by atoms with Gasteiger partial charge in [0.05, 0.1) is 6.42 Å². The van der Waals surface area contributed by atoms with Gasteiger partial charge in [-0.15, -0.1) is 0 Å². The van der Waals surface area contributed by atoms with E-state index in [1.807, 2.05) is 20.8 Å². The van der Waals surface area contributed by atoms with Gasteiger partial charge in [-0.05, 0) is 53.9 Å². The van der Waals surface area contributed by atoms with E-state index in [1.165, 1.54) is 4.90 Å². The summed E-state index contributed by atoms with van der Waals surface area (Å²) in [6, 6.07) is 0. The fourth-order valence-electron chi connectivity index (χ4n) is 2.83. The van der Waals surface area contributed by atoms with Gasteiger partial charge in [0.1, 0.15) is 11.2 Å². The van der Waals surface area contributed by atoms with E-state index in [2.05, 4.69) is 0 Å². The topological polar surface area (TPSA) is 117 Å². The molecule has 0 aromatic heterocycles. The molecule has 29 heavy (non-hydrogen) atoms. The van der Waals surface area contributed by atoms with E-state index in [1.54, 1.807) is 25.7 Å². The quantitative estimate of drug-likeness (QED) is 0.723. The Morgan fingerprint density at radius 3 is 1.52 bits per heavy atom. The summed E-state index contributed by atoms with van der Waals surface area (Å²) in [5.41, 5.74) is -0.909. The first-order chi connectivity index (χ1) is 13.2. The standard InChI is InChI=1S/C10H17NO4.C10H19NO3/c1-10(2,3)15-9(14)11-5-7(6-11)4-8(12)13;1-10(2,3)14-9(13)11-6-8(7-11)4-5-12/h7H,4-6H2,1-3H3,(H,12,13);8,12H,4-7H2,1-3H3. The molecular formula is C20H36N2O7. The Bertz CT molecular complexity index is 568. The Hall–Kier alpha value is -2.03. The number of nitrogens with zero attached hydrogens (tertiary/aromatic N) is 2. The summed E-state index contributed by atoms with van der Waals surface area (Å²) < 4.78 is 10.3. The lowest BCUT2D eigenvalue weighted by atomic mass is 9.97. The van der Waals surface area contributed by atoms with Gasteiger partial charge in [0.15, 0.2) is 0 Å². The molecule has 0 aromatic carbocycles. The lowest BCUT2D eigenvalue weighted by Crippen LogP contribution is -2.52. The molecule has 2 aliphatic rings. The van der Waals surface area contributed by atoms with Gasteiger partial charge in [0, 0.05) is 38.7 Å². The molecule has 9 nitrogen and oxygen atoms in total. The normalized spacial score (nSPS) is 17.5. The summed E-state index contributed by atoms with van der Waals surface area (Å²) in [7, 11) is 0. The first-order valence-electron chi connectivity index (χ1n) is 9.98. The molecule has 0 atom stereocenters. The largest absolute Gasteiger partial charge is 0.481 e. The molecule has 2 fully saturated rings. The van der Waals surface area contributed by atoms with Crippen molar-refractivity contribution >= 4 is 18.2 Å². The van der Waals surface area contributed by atoms with Gasteiger partial charge in [-0.1, -0.05) is 0 Å². The molecule has 2 N–H and O–H groups in total. The van der Waals surface area contributed by atoms with Crippen molar-refractivity contribution in [1.82, 2.24) is 9.80 Å². The Morgan fingerprint density at radius 2 is 1.21 bits per heavy atom. The third kappa shape index (κ3) is 9.83. The zero-order valence-corrected chi connectivity index (χ0v) is 18.4. The zero-order chi connectivity index (χ0) is 22.4. The molecule has 0 saturated carbocycles. The number of ether oxygens (including phenoxy) is 2. The first kappa shape index (κ1) is 25.0. The summed E-state index contributed by atoms with van der Waals surface area (Å²) in [5.74, 6) is -0.286. The predicted octanol–water partition coefficient (Wildman–Crippen LogP) is 2.56. The molecule has 9 heteroatoms. The van der Waals surface area contributed by atoms with Crippen LogP contribution in [0.5, 0.6) is 0 Å². The molecule has 2 amide bonds. The van der Waals surface area contributed by atoms with Crippen LogP contribution in [0.3, 0.4) is 0 Å². The van der Waals surface area contributed by atoms with Gasteiger partial charge in [0.25, 0.3) is 0 Å². The van der Waals surface area contributed by atoms with Crippen molar-refractivity contribution in [3.05, 3.63) is 0 Å². The minimum absolute atomic E-state index is 0.0787. The molecule has 2 aliphatic heterocycles. The summed E-state index contributed by atoms with van der Waals surface area (Å²) in [4.78, 5) is 36.4. The van der Waals surface area contributed by atoms with Crippen molar-refractivity contribution in [2.24, 2.45) is 11.8 Å². The molecule has 0 radical (unpaired) electrons. The van der Waals surface area contributed by atoms with E-state index in [0.717, 1.165) is 19.5 Å². The van der Waals surface area contributed by atoms with Crippen LogP contribution in [0.15, 0.2) is 0 Å². The van der Waals surface area contributed by atoms with Gasteiger partial charge in [-0.25, -0.2) is 9.59 Å². The molecule has 2 saturated heterocycles. The minimum Gasteiger partial charge on any atom is -0.481 e. The molecule has 0 spiro atoms. The van der Waals surface area contributed by atoms with Crippen LogP contribution in [0.4, 0.5) is 9.59 Å². The third-order valence-corrected chi connectivity index (χ3v) is 4.22. The molecular weight excluding hydrogens is 380 g/mol. The maximum Gasteiger partial charge on any atom is 0.410 e. The number of aliphatic carboxylic acids is 1. The van der Waals surface area contributed by atoms with E-state index < -0.39 is 17.2 Å². The molecule has 2 heterocycles. The highest BCUT2D eigenvalue weighted by Gasteiger charge is 2.35. The van der Waals surface area contributed by atoms with Crippen LogP contribution in [-0.2, 0) is 14.3 Å². The molecule has 168 valence electrons. The minimum atomic E-state index is -0.816. The van der Waals surface area contributed by atoms with Gasteiger partial charge >= 0.3 is 18.2 Å². The highest BCUT2D eigenvalue weighted by molar-refractivity contribution is 5.71. The van der Waals surface area contributed by atoms with Crippen molar-refractivity contribution in [2.45, 2.75) is 65.6 Å². The number of aliphatic hydroxyl groups is 1. The smallest absolute Gasteiger partial charge is 0.410 e. The first-order valence-corrected chi connectivity index (χ1v) is 9.98. The van der Waals surface area contributed by atoms with Crippen LogP contribution in [0, 0.1) is 11.8 Å². The number of hydrogen-bond donors (Lipinski definition) is 2. The van der Waals surface area contributed by atoms with E-state index in [-0.39, 0.29) is 31.1 Å². The van der Waals surface area contributed by atoms with Gasteiger partial charge < -0.3 is 29.5 Å². The molecule has 0 bridgehead atoms. The van der Waals surface area contributed by atoms with Gasteiger partial charge in [-0.3, -0.25) is 4.79 Å². The highest BCUT2D eigenvalue weighted by atomic mass is 16.6. The lowest BCUT2D eigenvalue weighted by Gasteiger charge is -2.39. The van der Waals surface area contributed by atoms with Crippen LogP contribution in [-0.4, -0.2) is 82.2 Å². The molecule has 0 unspecified atom stereocenters. The second-order valence-corrected chi connectivity index (χ2v) is 9.61. The Kier molecular flexibility index (Phi) is 8.74. The number of carbonyl (C=O) groups excluding carboxylic acids is 2. The van der Waals surface area contributed by atoms with E-state index in [4.69, 9.17) is 19.7 Å². The SMILES string of the molecule is CC(C)(C)OC(=O)N1CC(CC(=O)O)C1.CC(C)(C)OC(=O)N1CC(CCO)C1. The number of hydrogen-bond acceptors (Lipinski definition) is 6. The molecule has 2 rings (SSSR count). The second kappa shape index (κ2) is 10.1. The zero-order valence-electron chi connectivity index (χ0n) is 18.4. The highest BCUT2D eigenvalue weighted by Crippen LogP contribution is 2.22. The van der Waals surface area contributed by atoms with Gasteiger partial charge in [0.2, 0.25) is 0 Å². The Balaban J connectivity index is 0.000000291. The van der Waals surface area contributed by atoms with Crippen LogP contribution in [0.1, 0.15) is 54.4 Å². The van der Waals surface area contributed by atoms with Crippen molar-refractivity contribution < 1.29 is 34.1 Å². The van der Waals surface area contributed by atoms with Crippen molar-refractivity contribution in [1.29, 1.82) is 0 Å². The fraction of sp³-hybridized carbons (Fsp3) is 0.850. The Labute approximate surface area is 172 Å². The second-order valence-electron chi connectivity index (χ2n) is 9.61. The summed E-state index contributed by atoms with van der Waals surface area (Å²) >= 11 is 0. The van der Waals surface area contributed by atoms with E-state index in [9.17, 15) is 14.4 Å². The molecule has 0 aliphatic carbocycles. The summed E-state index contributed by atoms with van der Waals surface area (Å²) in [5, 5.41) is 17.2. The monoisotopic (exact) mass is 416 g/mol. The van der Waals surface area contributed by atoms with Crippen LogP contribution in [0.25, 0.3) is 0 Å². The predicted molar refractivity (Wildman–Crippen MR) is 107 cm³/mol. The number of rotatable bonds is 4. The average Bonchev–Trinajstić information content (AvgIpc) is 2.42. The van der Waals surface area contributed by atoms with Crippen molar-refractivity contribution in [3.63, 3.8) is 0 Å². The number of carboxylic acids is 1. The number of amides is 2. The maximum atomic E-state index is 11.4. The number of aliphatic hydroxyl groups excluding tert-OH is 1. The van der Waals surface area contributed by atoms with Crippen LogP contribution < -0.4 is 0 Å². The lowest BCUT2D eigenvalue weighted by molar-refractivity contribution is -0.139. The van der Waals surface area contributed by atoms with Gasteiger partial charge in [-0.2, -0.15) is 0 Å². The molecule has 0 aromatic rings. The summed E-state index contributed by atoms with van der Waals surface area (Å²) in [6.45, 7) is 13.6. The number of likely N-dealkylation sites (tertiary alicyclic amines) is 2.